The summed E-state index contributed by atoms with van der Waals surface area (Å²) in [5, 5.41) is 1.02. The number of hydrogen-bond acceptors (Lipinski definition) is 7. The first-order chi connectivity index (χ1) is 15.3. The molecule has 0 saturated carbocycles. The van der Waals surface area contributed by atoms with Crippen LogP contribution in [0.4, 0.5) is 0 Å². The first-order valence-corrected chi connectivity index (χ1v) is 10.5. The highest BCUT2D eigenvalue weighted by molar-refractivity contribution is 5.88. The van der Waals surface area contributed by atoms with Gasteiger partial charge in [0.15, 0.2) is 23.0 Å². The second-order valence-electron chi connectivity index (χ2n) is 7.68. The summed E-state index contributed by atoms with van der Waals surface area (Å²) >= 11 is 0. The molecule has 0 atom stereocenters. The number of methoxy groups -OCH3 is 2. The summed E-state index contributed by atoms with van der Waals surface area (Å²) in [6, 6.07) is 12.0. The van der Waals surface area contributed by atoms with Crippen molar-refractivity contribution in [1.82, 2.24) is 9.88 Å². The Balaban J connectivity index is 1.66. The maximum atomic E-state index is 5.73. The summed E-state index contributed by atoms with van der Waals surface area (Å²) in [5.74, 6) is 2.84. The Morgan fingerprint density at radius 2 is 1.87 bits per heavy atom. The van der Waals surface area contributed by atoms with Gasteiger partial charge in [0.05, 0.1) is 32.0 Å². The van der Waals surface area contributed by atoms with Crippen molar-refractivity contribution < 1.29 is 23.7 Å². The summed E-state index contributed by atoms with van der Waals surface area (Å²) in [7, 11) is 3.31. The van der Waals surface area contributed by atoms with E-state index in [0.717, 1.165) is 78.5 Å². The van der Waals surface area contributed by atoms with Gasteiger partial charge in [0.1, 0.15) is 0 Å². The molecule has 0 unspecified atom stereocenters. The molecule has 5 rings (SSSR count). The largest absolute Gasteiger partial charge is 0.493 e. The molecule has 3 aromatic rings. The lowest BCUT2D eigenvalue weighted by Crippen LogP contribution is -2.26. The van der Waals surface area contributed by atoms with Crippen LogP contribution in [-0.2, 0) is 11.3 Å². The minimum absolute atomic E-state index is 0.239. The van der Waals surface area contributed by atoms with E-state index < -0.39 is 0 Å². The van der Waals surface area contributed by atoms with Gasteiger partial charge in [-0.05, 0) is 36.2 Å². The van der Waals surface area contributed by atoms with Crippen LogP contribution in [0.1, 0.15) is 12.0 Å². The van der Waals surface area contributed by atoms with E-state index in [2.05, 4.69) is 11.0 Å². The Morgan fingerprint density at radius 1 is 1.00 bits per heavy atom. The van der Waals surface area contributed by atoms with Crippen molar-refractivity contribution in [3.8, 4) is 34.3 Å². The number of fused-ring (bicyclic) bond motifs is 2. The van der Waals surface area contributed by atoms with E-state index in [-0.39, 0.29) is 6.79 Å². The van der Waals surface area contributed by atoms with Crippen molar-refractivity contribution >= 4 is 10.9 Å². The third-order valence-electron chi connectivity index (χ3n) is 5.75. The molecule has 0 aliphatic carbocycles. The Bertz CT molecular complexity index is 1090. The predicted octanol–water partition coefficient (Wildman–Crippen LogP) is 3.87. The third-order valence-corrected chi connectivity index (χ3v) is 5.75. The zero-order valence-corrected chi connectivity index (χ0v) is 17.8. The highest BCUT2D eigenvalue weighted by Crippen LogP contribution is 2.41. The molecule has 162 valence electrons. The lowest BCUT2D eigenvalue weighted by atomic mass is 10.0. The van der Waals surface area contributed by atoms with E-state index in [4.69, 9.17) is 28.7 Å². The average molecular weight is 422 g/mol. The van der Waals surface area contributed by atoms with Gasteiger partial charge in [0.25, 0.3) is 0 Å². The van der Waals surface area contributed by atoms with Gasteiger partial charge in [-0.3, -0.25) is 4.90 Å². The van der Waals surface area contributed by atoms with E-state index in [1.165, 1.54) is 0 Å². The van der Waals surface area contributed by atoms with Crippen LogP contribution in [0.25, 0.3) is 22.2 Å². The summed E-state index contributed by atoms with van der Waals surface area (Å²) in [5.41, 5.74) is 3.77. The summed E-state index contributed by atoms with van der Waals surface area (Å²) in [6.45, 7) is 4.46. The molecular formula is C24H26N2O5. The standard InChI is InChI=1S/C24H26N2O5/c1-27-20-6-3-5-18(24(20)28-2)23-17(14-26-7-4-9-29-10-8-26)11-16-12-21-22(31-15-30-21)13-19(16)25-23/h3,5-6,11-13H,4,7-10,14-15H2,1-2H3. The summed E-state index contributed by atoms with van der Waals surface area (Å²) in [4.78, 5) is 7.48. The molecule has 2 aliphatic heterocycles. The Labute approximate surface area is 181 Å². The number of aromatic nitrogens is 1. The number of para-hydroxylation sites is 1. The zero-order valence-electron chi connectivity index (χ0n) is 17.8. The van der Waals surface area contributed by atoms with Crippen LogP contribution in [0.5, 0.6) is 23.0 Å². The van der Waals surface area contributed by atoms with Crippen LogP contribution in [0.3, 0.4) is 0 Å². The molecule has 1 fully saturated rings. The zero-order chi connectivity index (χ0) is 21.2. The highest BCUT2D eigenvalue weighted by Gasteiger charge is 2.21. The fraction of sp³-hybridized carbons (Fsp3) is 0.375. The van der Waals surface area contributed by atoms with Gasteiger partial charge in [-0.1, -0.05) is 6.07 Å². The van der Waals surface area contributed by atoms with Gasteiger partial charge in [-0.25, -0.2) is 4.98 Å². The SMILES string of the molecule is COc1cccc(-c2nc3cc4c(cc3cc2CN2CCCOCC2)OCO4)c1OC. The first kappa shape index (κ1) is 19.9. The Morgan fingerprint density at radius 3 is 2.71 bits per heavy atom. The van der Waals surface area contributed by atoms with Crippen LogP contribution in [0, 0.1) is 0 Å². The topological polar surface area (TPSA) is 62.3 Å². The summed E-state index contributed by atoms with van der Waals surface area (Å²) in [6.07, 6.45) is 1.03. The number of nitrogens with zero attached hydrogens (tertiary/aromatic N) is 2. The second-order valence-corrected chi connectivity index (χ2v) is 7.68. The number of hydrogen-bond donors (Lipinski definition) is 0. The van der Waals surface area contributed by atoms with Crippen LogP contribution in [0.2, 0.25) is 0 Å². The maximum Gasteiger partial charge on any atom is 0.231 e. The molecule has 3 heterocycles. The van der Waals surface area contributed by atoms with Crippen molar-refractivity contribution in [2.24, 2.45) is 0 Å². The molecule has 7 nitrogen and oxygen atoms in total. The van der Waals surface area contributed by atoms with Crippen molar-refractivity contribution in [3.05, 3.63) is 42.0 Å². The first-order valence-electron chi connectivity index (χ1n) is 10.5. The molecular weight excluding hydrogens is 396 g/mol. The average Bonchev–Trinajstić information content (AvgIpc) is 3.09. The van der Waals surface area contributed by atoms with E-state index in [1.807, 2.05) is 30.3 Å². The van der Waals surface area contributed by atoms with Gasteiger partial charge >= 0.3 is 0 Å². The number of rotatable bonds is 5. The minimum Gasteiger partial charge on any atom is -0.493 e. The van der Waals surface area contributed by atoms with Gasteiger partial charge in [0.2, 0.25) is 6.79 Å². The highest BCUT2D eigenvalue weighted by atomic mass is 16.7. The molecule has 0 bridgehead atoms. The number of benzene rings is 2. The molecule has 0 amide bonds. The number of ether oxygens (including phenoxy) is 5. The molecule has 1 saturated heterocycles. The molecule has 0 spiro atoms. The monoisotopic (exact) mass is 422 g/mol. The van der Waals surface area contributed by atoms with Crippen LogP contribution in [0.15, 0.2) is 36.4 Å². The Kier molecular flexibility index (Phi) is 5.53. The van der Waals surface area contributed by atoms with E-state index >= 15 is 0 Å². The third kappa shape index (κ3) is 3.86. The molecule has 1 aromatic heterocycles. The lowest BCUT2D eigenvalue weighted by Gasteiger charge is -2.22. The summed E-state index contributed by atoms with van der Waals surface area (Å²) < 4.78 is 28.1. The Hall–Kier alpha value is -3.03. The molecule has 0 radical (unpaired) electrons. The van der Waals surface area contributed by atoms with Crippen LogP contribution < -0.4 is 18.9 Å². The lowest BCUT2D eigenvalue weighted by molar-refractivity contribution is 0.140. The van der Waals surface area contributed by atoms with E-state index in [0.29, 0.717) is 11.5 Å². The van der Waals surface area contributed by atoms with Crippen molar-refractivity contribution in [1.29, 1.82) is 0 Å². The molecule has 7 heteroatoms. The number of pyridine rings is 1. The molecule has 31 heavy (non-hydrogen) atoms. The van der Waals surface area contributed by atoms with E-state index in [9.17, 15) is 0 Å². The van der Waals surface area contributed by atoms with Crippen molar-refractivity contribution in [2.75, 3.05) is 47.3 Å². The van der Waals surface area contributed by atoms with Crippen molar-refractivity contribution in [3.63, 3.8) is 0 Å². The predicted molar refractivity (Wildman–Crippen MR) is 117 cm³/mol. The molecule has 2 aliphatic rings. The fourth-order valence-corrected chi connectivity index (χ4v) is 4.23. The van der Waals surface area contributed by atoms with Gasteiger partial charge in [0, 0.05) is 43.3 Å². The van der Waals surface area contributed by atoms with Gasteiger partial charge in [-0.15, -0.1) is 0 Å². The van der Waals surface area contributed by atoms with Crippen molar-refractivity contribution in [2.45, 2.75) is 13.0 Å². The molecule has 2 aromatic carbocycles. The second kappa shape index (κ2) is 8.61. The quantitative estimate of drug-likeness (QED) is 0.619. The van der Waals surface area contributed by atoms with E-state index in [1.54, 1.807) is 14.2 Å². The van der Waals surface area contributed by atoms with Crippen LogP contribution in [-0.4, -0.2) is 57.2 Å². The maximum absolute atomic E-state index is 5.73. The van der Waals surface area contributed by atoms with Crippen LogP contribution >= 0.6 is 0 Å². The smallest absolute Gasteiger partial charge is 0.231 e. The molecule has 0 N–H and O–H groups in total. The van der Waals surface area contributed by atoms with Gasteiger partial charge in [-0.2, -0.15) is 0 Å². The fourth-order valence-electron chi connectivity index (χ4n) is 4.23. The van der Waals surface area contributed by atoms with Gasteiger partial charge < -0.3 is 23.7 Å². The minimum atomic E-state index is 0.239. The normalized spacial score (nSPS) is 16.3.